The fraction of sp³-hybridized carbons (Fsp3) is 0.625. The Labute approximate surface area is 61.8 Å². The van der Waals surface area contributed by atoms with E-state index in [0.717, 1.165) is 12.8 Å². The number of allylic oxidation sites excluding steroid dienone is 1. The molecule has 0 aromatic rings. The van der Waals surface area contributed by atoms with Crippen LogP contribution in [0.5, 0.6) is 0 Å². The molecule has 0 fully saturated rings. The van der Waals surface area contributed by atoms with Crippen LogP contribution in [0, 0.1) is 11.3 Å². The molecule has 0 aliphatic rings. The first kappa shape index (κ1) is 9.19. The minimum Gasteiger partial charge on any atom is -0.388 e. The van der Waals surface area contributed by atoms with Gasteiger partial charge in [-0.3, -0.25) is 0 Å². The van der Waals surface area contributed by atoms with Crippen molar-refractivity contribution in [2.24, 2.45) is 0 Å². The van der Waals surface area contributed by atoms with E-state index in [1.807, 2.05) is 12.1 Å². The molecule has 0 spiro atoms. The molecule has 0 aliphatic heterocycles. The maximum absolute atomic E-state index is 8.97. The normalized spacial score (nSPS) is 13.3. The number of hydrogen-bond donors (Lipinski definition) is 1. The molecule has 0 saturated carbocycles. The van der Waals surface area contributed by atoms with Crippen LogP contribution in [0.4, 0.5) is 0 Å². The number of nitriles is 1. The average Bonchev–Trinajstić information content (AvgIpc) is 1.89. The highest BCUT2D eigenvalue weighted by atomic mass is 16.3. The van der Waals surface area contributed by atoms with Crippen molar-refractivity contribution in [2.45, 2.75) is 32.3 Å². The fourth-order valence-electron chi connectivity index (χ4n) is 0.582. The fourth-order valence-corrected chi connectivity index (χ4v) is 0.582. The standard InChI is InChI=1S/C8H13NO/c1-2-3-4-5-8(10)6-7-9/h4-5,8,10H,2-3,6H2,1H3. The number of nitrogens with zero attached hydrogens (tertiary/aromatic N) is 1. The third-order valence-corrected chi connectivity index (χ3v) is 1.11. The van der Waals surface area contributed by atoms with Gasteiger partial charge in [-0.25, -0.2) is 0 Å². The van der Waals surface area contributed by atoms with Gasteiger partial charge >= 0.3 is 0 Å². The van der Waals surface area contributed by atoms with Crippen molar-refractivity contribution in [1.82, 2.24) is 0 Å². The molecule has 1 atom stereocenters. The van der Waals surface area contributed by atoms with Crippen LogP contribution < -0.4 is 0 Å². The molecule has 10 heavy (non-hydrogen) atoms. The number of aliphatic hydroxyl groups excluding tert-OH is 1. The van der Waals surface area contributed by atoms with E-state index in [1.54, 1.807) is 6.08 Å². The van der Waals surface area contributed by atoms with Gasteiger partial charge in [-0.2, -0.15) is 5.26 Å². The largest absolute Gasteiger partial charge is 0.388 e. The van der Waals surface area contributed by atoms with Crippen molar-refractivity contribution in [3.05, 3.63) is 12.2 Å². The Balaban J connectivity index is 3.37. The van der Waals surface area contributed by atoms with Gasteiger partial charge in [0.1, 0.15) is 0 Å². The van der Waals surface area contributed by atoms with E-state index in [0.29, 0.717) is 0 Å². The number of aliphatic hydroxyl groups is 1. The molecule has 1 N–H and O–H groups in total. The Morgan fingerprint density at radius 1 is 1.70 bits per heavy atom. The van der Waals surface area contributed by atoms with E-state index in [9.17, 15) is 0 Å². The van der Waals surface area contributed by atoms with Crippen molar-refractivity contribution in [3.63, 3.8) is 0 Å². The zero-order valence-electron chi connectivity index (χ0n) is 6.25. The summed E-state index contributed by atoms with van der Waals surface area (Å²) in [6, 6.07) is 1.89. The maximum Gasteiger partial charge on any atom is 0.0850 e. The monoisotopic (exact) mass is 139 g/mol. The summed E-state index contributed by atoms with van der Waals surface area (Å²) in [5, 5.41) is 17.1. The lowest BCUT2D eigenvalue weighted by atomic mass is 10.2. The topological polar surface area (TPSA) is 44.0 Å². The van der Waals surface area contributed by atoms with Crippen molar-refractivity contribution in [2.75, 3.05) is 0 Å². The Morgan fingerprint density at radius 2 is 2.40 bits per heavy atom. The highest BCUT2D eigenvalue weighted by molar-refractivity contribution is 4.92. The lowest BCUT2D eigenvalue weighted by Crippen LogP contribution is -1.98. The zero-order valence-corrected chi connectivity index (χ0v) is 6.25. The van der Waals surface area contributed by atoms with E-state index < -0.39 is 6.10 Å². The highest BCUT2D eigenvalue weighted by Crippen LogP contribution is 1.94. The van der Waals surface area contributed by atoms with Gasteiger partial charge in [0.15, 0.2) is 0 Å². The third kappa shape index (κ3) is 5.33. The molecule has 1 unspecified atom stereocenters. The van der Waals surface area contributed by atoms with Crippen LogP contribution in [0.2, 0.25) is 0 Å². The minimum absolute atomic E-state index is 0.195. The first-order chi connectivity index (χ1) is 4.81. The smallest absolute Gasteiger partial charge is 0.0850 e. The van der Waals surface area contributed by atoms with Crippen LogP contribution in [0.3, 0.4) is 0 Å². The zero-order chi connectivity index (χ0) is 7.82. The van der Waals surface area contributed by atoms with Gasteiger partial charge in [0.2, 0.25) is 0 Å². The van der Waals surface area contributed by atoms with Crippen LogP contribution in [-0.2, 0) is 0 Å². The van der Waals surface area contributed by atoms with Crippen molar-refractivity contribution < 1.29 is 5.11 Å². The van der Waals surface area contributed by atoms with Crippen molar-refractivity contribution in [1.29, 1.82) is 5.26 Å². The van der Waals surface area contributed by atoms with Crippen LogP contribution >= 0.6 is 0 Å². The van der Waals surface area contributed by atoms with Crippen LogP contribution in [0.1, 0.15) is 26.2 Å². The Morgan fingerprint density at radius 3 is 2.90 bits per heavy atom. The summed E-state index contributed by atoms with van der Waals surface area (Å²) in [5.74, 6) is 0. The molecule has 56 valence electrons. The molecule has 0 radical (unpaired) electrons. The number of hydrogen-bond acceptors (Lipinski definition) is 2. The van der Waals surface area contributed by atoms with Gasteiger partial charge in [0.05, 0.1) is 18.6 Å². The van der Waals surface area contributed by atoms with E-state index in [2.05, 4.69) is 6.92 Å². The molecule has 0 aliphatic carbocycles. The molecule has 0 amide bonds. The molecule has 0 bridgehead atoms. The molecule has 0 heterocycles. The lowest BCUT2D eigenvalue weighted by Gasteiger charge is -1.95. The van der Waals surface area contributed by atoms with Crippen molar-refractivity contribution in [3.8, 4) is 6.07 Å². The maximum atomic E-state index is 8.97. The Hall–Kier alpha value is -0.810. The van der Waals surface area contributed by atoms with Gasteiger partial charge in [0, 0.05) is 0 Å². The SMILES string of the molecule is CCCC=CC(O)CC#N. The van der Waals surface area contributed by atoms with E-state index in [-0.39, 0.29) is 6.42 Å². The molecule has 0 aromatic carbocycles. The second-order valence-corrected chi connectivity index (χ2v) is 2.15. The molecular weight excluding hydrogens is 126 g/mol. The second kappa shape index (κ2) is 6.31. The number of rotatable bonds is 4. The Kier molecular flexibility index (Phi) is 5.80. The van der Waals surface area contributed by atoms with E-state index in [4.69, 9.17) is 10.4 Å². The summed E-state index contributed by atoms with van der Waals surface area (Å²) < 4.78 is 0. The first-order valence-corrected chi connectivity index (χ1v) is 3.53. The summed E-state index contributed by atoms with van der Waals surface area (Å²) in [7, 11) is 0. The van der Waals surface area contributed by atoms with E-state index in [1.165, 1.54) is 0 Å². The summed E-state index contributed by atoms with van der Waals surface area (Å²) in [6.45, 7) is 2.07. The van der Waals surface area contributed by atoms with Gasteiger partial charge in [-0.15, -0.1) is 0 Å². The van der Waals surface area contributed by atoms with Gasteiger partial charge in [-0.1, -0.05) is 25.5 Å². The summed E-state index contributed by atoms with van der Waals surface area (Å²) in [6.07, 6.45) is 5.25. The molecule has 0 saturated heterocycles. The van der Waals surface area contributed by atoms with Crippen LogP contribution in [0.25, 0.3) is 0 Å². The molecule has 2 nitrogen and oxygen atoms in total. The minimum atomic E-state index is -0.573. The summed E-state index contributed by atoms with van der Waals surface area (Å²) in [5.41, 5.74) is 0. The van der Waals surface area contributed by atoms with Gasteiger partial charge in [0.25, 0.3) is 0 Å². The second-order valence-electron chi connectivity index (χ2n) is 2.15. The number of unbranched alkanes of at least 4 members (excludes halogenated alkanes) is 1. The lowest BCUT2D eigenvalue weighted by molar-refractivity contribution is 0.228. The summed E-state index contributed by atoms with van der Waals surface area (Å²) >= 11 is 0. The summed E-state index contributed by atoms with van der Waals surface area (Å²) in [4.78, 5) is 0. The molecule has 2 heteroatoms. The predicted octanol–water partition coefficient (Wildman–Crippen LogP) is 1.62. The van der Waals surface area contributed by atoms with E-state index >= 15 is 0 Å². The molecule has 0 rings (SSSR count). The third-order valence-electron chi connectivity index (χ3n) is 1.11. The van der Waals surface area contributed by atoms with Crippen LogP contribution in [0.15, 0.2) is 12.2 Å². The van der Waals surface area contributed by atoms with Gasteiger partial charge in [-0.05, 0) is 6.42 Å². The highest BCUT2D eigenvalue weighted by Gasteiger charge is 1.93. The average molecular weight is 139 g/mol. The molecular formula is C8H13NO. The quantitative estimate of drug-likeness (QED) is 0.601. The first-order valence-electron chi connectivity index (χ1n) is 3.53. The van der Waals surface area contributed by atoms with Crippen LogP contribution in [-0.4, -0.2) is 11.2 Å². The molecule has 0 aromatic heterocycles. The Bertz CT molecular complexity index is 135. The predicted molar refractivity (Wildman–Crippen MR) is 40.3 cm³/mol. The van der Waals surface area contributed by atoms with Crippen molar-refractivity contribution >= 4 is 0 Å². The van der Waals surface area contributed by atoms with Gasteiger partial charge < -0.3 is 5.11 Å².